The van der Waals surface area contributed by atoms with E-state index in [2.05, 4.69) is 26.1 Å². The Labute approximate surface area is 241 Å². The number of hydrogen-bond donors (Lipinski definition) is 1. The lowest BCUT2D eigenvalue weighted by Crippen LogP contribution is -2.46. The van der Waals surface area contributed by atoms with Crippen LogP contribution in [0.1, 0.15) is 79.5 Å². The third-order valence-corrected chi connectivity index (χ3v) is 8.28. The molecule has 3 aromatic carbocycles. The van der Waals surface area contributed by atoms with Crippen molar-refractivity contribution in [3.8, 4) is 0 Å². The summed E-state index contributed by atoms with van der Waals surface area (Å²) in [5, 5.41) is 3.10. The highest BCUT2D eigenvalue weighted by atomic mass is 19.1. The molecule has 0 aromatic heterocycles. The lowest BCUT2D eigenvalue weighted by molar-refractivity contribution is -0.123. The normalized spacial score (nSPS) is 19.4. The molecule has 2 fully saturated rings. The molecule has 5 rings (SSSR count). The molecule has 1 unspecified atom stereocenters. The average Bonchev–Trinajstić information content (AvgIpc) is 3.38. The number of halogens is 1. The number of likely N-dealkylation sites (tertiary alicyclic amines) is 1. The molecule has 2 atom stereocenters. The van der Waals surface area contributed by atoms with Crippen LogP contribution in [-0.4, -0.2) is 35.7 Å². The fourth-order valence-corrected chi connectivity index (χ4v) is 6.03. The molecular weight excluding hydrogens is 517 g/mol. The molecule has 0 spiro atoms. The topological polar surface area (TPSA) is 69.7 Å². The van der Waals surface area contributed by atoms with Gasteiger partial charge in [0, 0.05) is 30.9 Å². The van der Waals surface area contributed by atoms with E-state index in [1.807, 2.05) is 48.5 Å². The number of aryl methyl sites for hydroxylation is 1. The van der Waals surface area contributed by atoms with Gasteiger partial charge in [0.1, 0.15) is 5.82 Å². The minimum Gasteiger partial charge on any atom is -0.331 e. The molecule has 6 nitrogen and oxygen atoms in total. The lowest BCUT2D eigenvalue weighted by Gasteiger charge is -2.41. The van der Waals surface area contributed by atoms with E-state index < -0.39 is 23.7 Å². The van der Waals surface area contributed by atoms with E-state index in [0.29, 0.717) is 43.6 Å². The summed E-state index contributed by atoms with van der Waals surface area (Å²) in [6.07, 6.45) is 2.57. The average molecular weight is 556 g/mol. The SMILES string of the molecule is Cc1cccc(F)c1C(=O)N1CCCC(C(=O)Nc2cccc(C(C)(C)C)c2)[C@@H]1c1ccc(N2CCCC2=O)cc1. The van der Waals surface area contributed by atoms with Crippen LogP contribution in [0.2, 0.25) is 0 Å². The highest BCUT2D eigenvalue weighted by Crippen LogP contribution is 2.39. The monoisotopic (exact) mass is 555 g/mol. The van der Waals surface area contributed by atoms with Gasteiger partial charge in [0.05, 0.1) is 17.5 Å². The second kappa shape index (κ2) is 11.5. The van der Waals surface area contributed by atoms with E-state index in [9.17, 15) is 18.8 Å². The first-order valence-corrected chi connectivity index (χ1v) is 14.4. The van der Waals surface area contributed by atoms with Gasteiger partial charge in [-0.15, -0.1) is 0 Å². The molecule has 0 radical (unpaired) electrons. The molecular formula is C34H38FN3O3. The highest BCUT2D eigenvalue weighted by Gasteiger charge is 2.40. The van der Waals surface area contributed by atoms with E-state index in [1.54, 1.807) is 28.9 Å². The van der Waals surface area contributed by atoms with Crippen LogP contribution >= 0.6 is 0 Å². The number of hydrogen-bond acceptors (Lipinski definition) is 3. The summed E-state index contributed by atoms with van der Waals surface area (Å²) in [6.45, 7) is 9.18. The first kappa shape index (κ1) is 28.5. The number of carbonyl (C=O) groups is 3. The van der Waals surface area contributed by atoms with Crippen molar-refractivity contribution >= 4 is 29.1 Å². The first-order chi connectivity index (χ1) is 19.5. The van der Waals surface area contributed by atoms with E-state index in [1.165, 1.54) is 6.07 Å². The van der Waals surface area contributed by atoms with Gasteiger partial charge in [-0.1, -0.05) is 57.2 Å². The van der Waals surface area contributed by atoms with E-state index >= 15 is 0 Å². The van der Waals surface area contributed by atoms with Crippen LogP contribution in [0.5, 0.6) is 0 Å². The third kappa shape index (κ3) is 5.90. The molecule has 0 saturated carbocycles. The maximum Gasteiger partial charge on any atom is 0.257 e. The molecule has 7 heteroatoms. The van der Waals surface area contributed by atoms with Crippen molar-refractivity contribution in [2.75, 3.05) is 23.3 Å². The van der Waals surface area contributed by atoms with Crippen LogP contribution in [0.4, 0.5) is 15.8 Å². The van der Waals surface area contributed by atoms with Gasteiger partial charge in [0.25, 0.3) is 5.91 Å². The van der Waals surface area contributed by atoms with Gasteiger partial charge in [-0.3, -0.25) is 14.4 Å². The van der Waals surface area contributed by atoms with Gasteiger partial charge in [0.15, 0.2) is 0 Å². The Morgan fingerprint density at radius 3 is 2.34 bits per heavy atom. The Kier molecular flexibility index (Phi) is 7.98. The van der Waals surface area contributed by atoms with Crippen molar-refractivity contribution in [2.45, 2.75) is 64.8 Å². The van der Waals surface area contributed by atoms with Crippen LogP contribution in [0.25, 0.3) is 0 Å². The van der Waals surface area contributed by atoms with Crippen molar-refractivity contribution in [1.82, 2.24) is 4.90 Å². The molecule has 3 aromatic rings. The summed E-state index contributed by atoms with van der Waals surface area (Å²) >= 11 is 0. The van der Waals surface area contributed by atoms with Gasteiger partial charge < -0.3 is 15.1 Å². The number of carbonyl (C=O) groups excluding carboxylic acids is 3. The number of anilines is 2. The summed E-state index contributed by atoms with van der Waals surface area (Å²) in [4.78, 5) is 43.5. The second-order valence-electron chi connectivity index (χ2n) is 12.2. The fraction of sp³-hybridized carbons (Fsp3) is 0.382. The smallest absolute Gasteiger partial charge is 0.257 e. The zero-order valence-corrected chi connectivity index (χ0v) is 24.2. The largest absolute Gasteiger partial charge is 0.331 e. The second-order valence-corrected chi connectivity index (χ2v) is 12.2. The Morgan fingerprint density at radius 1 is 0.951 bits per heavy atom. The lowest BCUT2D eigenvalue weighted by atomic mass is 9.83. The van der Waals surface area contributed by atoms with Crippen LogP contribution in [-0.2, 0) is 15.0 Å². The third-order valence-electron chi connectivity index (χ3n) is 8.28. The molecule has 2 heterocycles. The van der Waals surface area contributed by atoms with E-state index in [4.69, 9.17) is 0 Å². The number of nitrogens with zero attached hydrogens (tertiary/aromatic N) is 2. The van der Waals surface area contributed by atoms with Crippen molar-refractivity contribution in [2.24, 2.45) is 5.92 Å². The number of rotatable bonds is 5. The molecule has 1 N–H and O–H groups in total. The van der Waals surface area contributed by atoms with Gasteiger partial charge in [-0.25, -0.2) is 4.39 Å². The summed E-state index contributed by atoms with van der Waals surface area (Å²) in [6, 6.07) is 19.4. The molecule has 3 amide bonds. The zero-order valence-electron chi connectivity index (χ0n) is 24.2. The Morgan fingerprint density at radius 2 is 1.68 bits per heavy atom. The van der Waals surface area contributed by atoms with Crippen LogP contribution in [0.15, 0.2) is 66.7 Å². The van der Waals surface area contributed by atoms with Gasteiger partial charge in [0.2, 0.25) is 11.8 Å². The number of piperidine rings is 1. The molecule has 2 aliphatic heterocycles. The first-order valence-electron chi connectivity index (χ1n) is 14.4. The van der Waals surface area contributed by atoms with Crippen molar-refractivity contribution in [3.05, 3.63) is 94.8 Å². The maximum absolute atomic E-state index is 15.0. The maximum atomic E-state index is 15.0. The highest BCUT2D eigenvalue weighted by molar-refractivity contribution is 5.98. The van der Waals surface area contributed by atoms with Crippen LogP contribution < -0.4 is 10.2 Å². The minimum atomic E-state index is -0.593. The van der Waals surface area contributed by atoms with Crippen molar-refractivity contribution < 1.29 is 18.8 Å². The molecule has 0 bridgehead atoms. The quantitative estimate of drug-likeness (QED) is 0.377. The Balaban J connectivity index is 1.50. The predicted molar refractivity (Wildman–Crippen MR) is 159 cm³/mol. The van der Waals surface area contributed by atoms with Crippen LogP contribution in [0.3, 0.4) is 0 Å². The summed E-state index contributed by atoms with van der Waals surface area (Å²) in [7, 11) is 0. The number of nitrogens with one attached hydrogen (secondary N) is 1. The van der Waals surface area contributed by atoms with Gasteiger partial charge in [-0.05, 0) is 78.6 Å². The molecule has 41 heavy (non-hydrogen) atoms. The van der Waals surface area contributed by atoms with Crippen molar-refractivity contribution in [1.29, 1.82) is 0 Å². The molecule has 2 aliphatic rings. The fourth-order valence-electron chi connectivity index (χ4n) is 6.03. The molecule has 2 saturated heterocycles. The number of benzene rings is 3. The standard InChI is InChI=1S/C34H38FN3O3/c1-22-9-5-13-28(35)30(22)33(41)38-20-7-12-27(32(40)36-25-11-6-10-24(21-25)34(2,3)4)31(38)23-15-17-26(18-16-23)37-19-8-14-29(37)39/h5-6,9-11,13,15-18,21,27,31H,7-8,12,14,19-20H2,1-4H3,(H,36,40)/t27?,31-/m0/s1. The van der Waals surface area contributed by atoms with Crippen LogP contribution in [0, 0.1) is 18.7 Å². The van der Waals surface area contributed by atoms with E-state index in [0.717, 1.165) is 23.2 Å². The zero-order chi connectivity index (χ0) is 29.3. The Bertz CT molecular complexity index is 1440. The van der Waals surface area contributed by atoms with Gasteiger partial charge in [-0.2, -0.15) is 0 Å². The molecule has 0 aliphatic carbocycles. The summed E-state index contributed by atoms with van der Waals surface area (Å²) < 4.78 is 15.0. The van der Waals surface area contributed by atoms with E-state index in [-0.39, 0.29) is 22.8 Å². The minimum absolute atomic E-state index is 0.0377. The van der Waals surface area contributed by atoms with Gasteiger partial charge >= 0.3 is 0 Å². The Hall–Kier alpha value is -4.00. The predicted octanol–water partition coefficient (Wildman–Crippen LogP) is 6.79. The van der Waals surface area contributed by atoms with Crippen molar-refractivity contribution in [3.63, 3.8) is 0 Å². The summed E-state index contributed by atoms with van der Waals surface area (Å²) in [5.74, 6) is -1.62. The number of amides is 3. The summed E-state index contributed by atoms with van der Waals surface area (Å²) in [5.41, 5.74) is 3.92. The molecule has 214 valence electrons.